The fraction of sp³-hybridized carbons (Fsp3) is 0.851. The summed E-state index contributed by atoms with van der Waals surface area (Å²) >= 11 is 0. The monoisotopic (exact) mass is 794 g/mol. The van der Waals surface area contributed by atoms with Crippen molar-refractivity contribution in [3.8, 4) is 0 Å². The minimum atomic E-state index is -1.57. The molecule has 1 saturated heterocycles. The first-order valence-corrected chi connectivity index (χ1v) is 23.2. The average molecular weight is 794 g/mol. The number of allylic oxidation sites excluding steroid dienone is 5. The minimum Gasteiger partial charge on any atom is -0.394 e. The van der Waals surface area contributed by atoms with Crippen LogP contribution in [-0.2, 0) is 14.3 Å². The number of hydrogen-bond acceptors (Lipinski definition) is 8. The van der Waals surface area contributed by atoms with Crippen LogP contribution in [0.3, 0.4) is 0 Å². The fourth-order valence-electron chi connectivity index (χ4n) is 7.19. The Morgan fingerprint density at radius 3 is 1.50 bits per heavy atom. The summed E-state index contributed by atoms with van der Waals surface area (Å²) in [5.74, 6) is -0.191. The van der Waals surface area contributed by atoms with E-state index in [4.69, 9.17) is 9.47 Å². The van der Waals surface area contributed by atoms with E-state index in [1.165, 1.54) is 135 Å². The second kappa shape index (κ2) is 37.7. The molecule has 328 valence electrons. The van der Waals surface area contributed by atoms with E-state index in [9.17, 15) is 30.3 Å². The van der Waals surface area contributed by atoms with Crippen LogP contribution in [0.1, 0.15) is 200 Å². The molecule has 0 aromatic heterocycles. The van der Waals surface area contributed by atoms with Crippen molar-refractivity contribution in [3.63, 3.8) is 0 Å². The van der Waals surface area contributed by atoms with Crippen LogP contribution in [0.4, 0.5) is 0 Å². The summed E-state index contributed by atoms with van der Waals surface area (Å²) in [6.45, 7) is 3.74. The van der Waals surface area contributed by atoms with Gasteiger partial charge in [0.1, 0.15) is 24.4 Å². The molecule has 9 heteroatoms. The molecule has 0 aromatic rings. The third kappa shape index (κ3) is 27.9. The predicted molar refractivity (Wildman–Crippen MR) is 230 cm³/mol. The Labute approximate surface area is 342 Å². The quantitative estimate of drug-likeness (QED) is 0.0268. The first-order valence-electron chi connectivity index (χ1n) is 23.2. The fourth-order valence-corrected chi connectivity index (χ4v) is 7.19. The first-order chi connectivity index (χ1) is 27.3. The Bertz CT molecular complexity index is 972. The Kier molecular flexibility index (Phi) is 35.3. The number of carbonyl (C=O) groups is 1. The number of hydrogen-bond donors (Lipinski definition) is 6. The molecule has 0 aliphatic carbocycles. The Morgan fingerprint density at radius 2 is 1.02 bits per heavy atom. The van der Waals surface area contributed by atoms with Crippen molar-refractivity contribution >= 4 is 5.91 Å². The molecule has 1 aliphatic rings. The number of amides is 1. The maximum absolute atomic E-state index is 12.9. The Hall–Kier alpha value is -1.59. The summed E-state index contributed by atoms with van der Waals surface area (Å²) < 4.78 is 11.2. The summed E-state index contributed by atoms with van der Waals surface area (Å²) in [4.78, 5) is 12.9. The lowest BCUT2D eigenvalue weighted by atomic mass is 9.99. The van der Waals surface area contributed by atoms with Gasteiger partial charge in [-0.1, -0.05) is 185 Å². The topological polar surface area (TPSA) is 149 Å². The molecular weight excluding hydrogens is 707 g/mol. The van der Waals surface area contributed by atoms with Crippen LogP contribution < -0.4 is 5.32 Å². The van der Waals surface area contributed by atoms with Crippen molar-refractivity contribution in [2.24, 2.45) is 0 Å². The van der Waals surface area contributed by atoms with Gasteiger partial charge in [0.05, 0.1) is 25.4 Å². The predicted octanol–water partition coefficient (Wildman–Crippen LogP) is 9.67. The van der Waals surface area contributed by atoms with Crippen molar-refractivity contribution < 1.29 is 39.8 Å². The lowest BCUT2D eigenvalue weighted by Crippen LogP contribution is -2.60. The highest BCUT2D eigenvalue weighted by Gasteiger charge is 2.44. The molecule has 7 unspecified atom stereocenters. The van der Waals surface area contributed by atoms with Gasteiger partial charge in [0.25, 0.3) is 0 Å². The van der Waals surface area contributed by atoms with E-state index in [1.54, 1.807) is 6.08 Å². The summed E-state index contributed by atoms with van der Waals surface area (Å²) in [5.41, 5.74) is 0. The molecule has 0 aromatic carbocycles. The number of nitrogens with one attached hydrogen (secondary N) is 1. The molecule has 7 atom stereocenters. The highest BCUT2D eigenvalue weighted by Crippen LogP contribution is 2.22. The van der Waals surface area contributed by atoms with E-state index in [-0.39, 0.29) is 12.5 Å². The van der Waals surface area contributed by atoms with Crippen molar-refractivity contribution in [1.82, 2.24) is 5.32 Å². The van der Waals surface area contributed by atoms with Gasteiger partial charge in [0.15, 0.2) is 6.29 Å². The molecule has 1 amide bonds. The molecule has 0 bridgehead atoms. The molecule has 0 saturated carbocycles. The van der Waals surface area contributed by atoms with Crippen LogP contribution in [0.2, 0.25) is 0 Å². The van der Waals surface area contributed by atoms with E-state index >= 15 is 0 Å². The van der Waals surface area contributed by atoms with E-state index in [1.807, 2.05) is 6.08 Å². The zero-order valence-electron chi connectivity index (χ0n) is 35.9. The van der Waals surface area contributed by atoms with Gasteiger partial charge < -0.3 is 40.3 Å². The Morgan fingerprint density at radius 1 is 0.589 bits per heavy atom. The van der Waals surface area contributed by atoms with Crippen LogP contribution in [0.15, 0.2) is 36.5 Å². The van der Waals surface area contributed by atoms with E-state index in [2.05, 4.69) is 43.5 Å². The summed E-state index contributed by atoms with van der Waals surface area (Å²) in [7, 11) is 0. The second-order valence-corrected chi connectivity index (χ2v) is 16.2. The normalized spacial score (nSPS) is 21.4. The number of rotatable bonds is 38. The standard InChI is InChI=1S/C47H87NO8/c1-3-5-7-9-11-13-15-17-18-19-20-21-22-23-25-26-28-30-32-34-36-41(50)40(39-55-47-46(54)45(53)44(52)42(38-49)56-47)48-43(51)37-35-33-31-29-27-24-16-14-12-10-8-6-4-2/h21-22,26,28,34,36,40-42,44-47,49-50,52-54H,3-20,23-25,27,29-33,35,37-39H2,1-2H3,(H,48,51)/b22-21+,28-26+,36-34+. The second-order valence-electron chi connectivity index (χ2n) is 16.2. The number of aliphatic hydroxyl groups is 5. The molecule has 1 fully saturated rings. The Balaban J connectivity index is 2.39. The van der Waals surface area contributed by atoms with Gasteiger partial charge in [-0.2, -0.15) is 0 Å². The summed E-state index contributed by atoms with van der Waals surface area (Å²) in [5, 5.41) is 54.1. The molecule has 1 aliphatic heterocycles. The van der Waals surface area contributed by atoms with Gasteiger partial charge in [-0.3, -0.25) is 4.79 Å². The van der Waals surface area contributed by atoms with E-state index in [0.717, 1.165) is 44.9 Å². The molecule has 1 heterocycles. The number of aliphatic hydroxyl groups excluding tert-OH is 5. The van der Waals surface area contributed by atoms with Gasteiger partial charge in [-0.25, -0.2) is 0 Å². The molecule has 6 N–H and O–H groups in total. The van der Waals surface area contributed by atoms with Gasteiger partial charge in [-0.05, 0) is 44.9 Å². The maximum atomic E-state index is 12.9. The number of ether oxygens (including phenoxy) is 2. The average Bonchev–Trinajstić information content (AvgIpc) is 3.20. The highest BCUT2D eigenvalue weighted by molar-refractivity contribution is 5.76. The van der Waals surface area contributed by atoms with Crippen LogP contribution in [0.5, 0.6) is 0 Å². The van der Waals surface area contributed by atoms with E-state index in [0.29, 0.717) is 6.42 Å². The lowest BCUT2D eigenvalue weighted by molar-refractivity contribution is -0.302. The van der Waals surface area contributed by atoms with Crippen LogP contribution in [-0.4, -0.2) is 87.5 Å². The first kappa shape index (κ1) is 52.4. The summed E-state index contributed by atoms with van der Waals surface area (Å²) in [6.07, 6.45) is 39.0. The largest absolute Gasteiger partial charge is 0.394 e. The minimum absolute atomic E-state index is 0.191. The maximum Gasteiger partial charge on any atom is 0.220 e. The van der Waals surface area contributed by atoms with Gasteiger partial charge in [0, 0.05) is 6.42 Å². The van der Waals surface area contributed by atoms with Crippen LogP contribution in [0, 0.1) is 0 Å². The van der Waals surface area contributed by atoms with Crippen molar-refractivity contribution in [3.05, 3.63) is 36.5 Å². The number of carbonyl (C=O) groups excluding carboxylic acids is 1. The number of unbranched alkanes of at least 4 members (excludes halogenated alkanes) is 24. The lowest BCUT2D eigenvalue weighted by Gasteiger charge is -2.40. The van der Waals surface area contributed by atoms with Gasteiger partial charge >= 0.3 is 0 Å². The third-order valence-electron chi connectivity index (χ3n) is 10.9. The van der Waals surface area contributed by atoms with Crippen molar-refractivity contribution in [1.29, 1.82) is 0 Å². The molecule has 9 nitrogen and oxygen atoms in total. The summed E-state index contributed by atoms with van der Waals surface area (Å²) in [6, 6.07) is -0.823. The molecule has 1 rings (SSSR count). The van der Waals surface area contributed by atoms with Crippen LogP contribution in [0.25, 0.3) is 0 Å². The zero-order chi connectivity index (χ0) is 40.9. The smallest absolute Gasteiger partial charge is 0.220 e. The highest BCUT2D eigenvalue weighted by atomic mass is 16.7. The molecule has 0 spiro atoms. The molecule has 56 heavy (non-hydrogen) atoms. The SMILES string of the molecule is CCCCCCCCCCCC/C=C/CC/C=C/CC/C=C/C(O)C(COC1OC(CO)C(O)C(O)C1O)NC(=O)CCCCCCCCCCCCCCC. The van der Waals surface area contributed by atoms with Crippen molar-refractivity contribution in [2.45, 2.75) is 243 Å². The third-order valence-corrected chi connectivity index (χ3v) is 10.9. The van der Waals surface area contributed by atoms with Gasteiger partial charge in [0.2, 0.25) is 5.91 Å². The zero-order valence-corrected chi connectivity index (χ0v) is 35.9. The van der Waals surface area contributed by atoms with Crippen molar-refractivity contribution in [2.75, 3.05) is 13.2 Å². The molecular formula is C47H87NO8. The van der Waals surface area contributed by atoms with E-state index < -0.39 is 49.5 Å². The van der Waals surface area contributed by atoms with Crippen LogP contribution >= 0.6 is 0 Å². The molecule has 0 radical (unpaired) electrons. The van der Waals surface area contributed by atoms with Gasteiger partial charge in [-0.15, -0.1) is 0 Å².